The van der Waals surface area contributed by atoms with Crippen LogP contribution in [0, 0.1) is 11.3 Å². The Balaban J connectivity index is -0.00000128. The summed E-state index contributed by atoms with van der Waals surface area (Å²) in [6.45, 7) is 4.08. The first-order valence-electron chi connectivity index (χ1n) is 7.32. The Morgan fingerprint density at radius 3 is 1.72 bits per heavy atom. The van der Waals surface area contributed by atoms with Gasteiger partial charge in [0.2, 0.25) is 0 Å². The second-order valence-corrected chi connectivity index (χ2v) is 5.46. The van der Waals surface area contributed by atoms with Crippen LogP contribution in [-0.2, 0) is 0 Å². The molecule has 2 N–H and O–H groups in total. The van der Waals surface area contributed by atoms with Gasteiger partial charge >= 0.3 is 29.6 Å². The van der Waals surface area contributed by atoms with Crippen molar-refractivity contribution in [2.24, 2.45) is 5.73 Å². The normalized spacial score (nSPS) is 13.4. The summed E-state index contributed by atoms with van der Waals surface area (Å²) in [5, 5.41) is 8.76. The van der Waals surface area contributed by atoms with E-state index in [4.69, 9.17) is 11.0 Å². The Hall–Kier alpha value is 0.450. The monoisotopic (exact) mass is 262 g/mol. The Morgan fingerprint density at radius 1 is 0.944 bits per heavy atom. The summed E-state index contributed by atoms with van der Waals surface area (Å²) in [5.74, 6) is 0. The van der Waals surface area contributed by atoms with Crippen molar-refractivity contribution in [1.29, 1.82) is 5.26 Å². The van der Waals surface area contributed by atoms with E-state index in [-0.39, 0.29) is 31.0 Å². The van der Waals surface area contributed by atoms with Gasteiger partial charge in [-0.15, -0.1) is 0 Å². The molecule has 0 saturated carbocycles. The third-order valence-electron chi connectivity index (χ3n) is 3.31. The van der Waals surface area contributed by atoms with E-state index in [1.807, 2.05) is 6.92 Å². The predicted molar refractivity (Wildman–Crippen MR) is 75.8 cm³/mol. The molecular weight excluding hydrogens is 231 g/mol. The molecule has 0 fully saturated rings. The van der Waals surface area contributed by atoms with Crippen molar-refractivity contribution in [2.75, 3.05) is 0 Å². The predicted octanol–water partition coefficient (Wildman–Crippen LogP) is 1.65. The van der Waals surface area contributed by atoms with E-state index in [0.29, 0.717) is 0 Å². The van der Waals surface area contributed by atoms with E-state index in [1.54, 1.807) is 0 Å². The van der Waals surface area contributed by atoms with Gasteiger partial charge in [0.15, 0.2) is 0 Å². The third-order valence-corrected chi connectivity index (χ3v) is 3.31. The number of nitrogens with zero attached hydrogens (tertiary/aromatic N) is 1. The molecule has 0 amide bonds. The van der Waals surface area contributed by atoms with Crippen molar-refractivity contribution >= 4 is 0 Å². The van der Waals surface area contributed by atoms with E-state index in [0.717, 1.165) is 12.8 Å². The average molecular weight is 262 g/mol. The molecule has 0 aliphatic heterocycles. The van der Waals surface area contributed by atoms with Gasteiger partial charge in [0, 0.05) is 0 Å². The van der Waals surface area contributed by atoms with E-state index in [9.17, 15) is 0 Å². The molecule has 0 aromatic rings. The van der Waals surface area contributed by atoms with Crippen molar-refractivity contribution in [3.8, 4) is 6.07 Å². The van der Waals surface area contributed by atoms with Gasteiger partial charge < -0.3 is 7.16 Å². The molecule has 0 aliphatic carbocycles. The van der Waals surface area contributed by atoms with Crippen molar-refractivity contribution in [3.63, 3.8) is 0 Å². The molecule has 1 unspecified atom stereocenters. The maximum absolute atomic E-state index is 8.76. The van der Waals surface area contributed by atoms with Crippen molar-refractivity contribution in [1.82, 2.24) is 0 Å². The largest absolute Gasteiger partial charge is 1.00 e. The summed E-state index contributed by atoms with van der Waals surface area (Å²) >= 11 is 0. The molecule has 0 radical (unpaired) electrons. The fourth-order valence-electron chi connectivity index (χ4n) is 2.04. The molecule has 0 aliphatic rings. The zero-order chi connectivity index (χ0) is 13.0. The summed E-state index contributed by atoms with van der Waals surface area (Å²) < 4.78 is 0. The van der Waals surface area contributed by atoms with Crippen LogP contribution in [-0.4, -0.2) is 5.54 Å². The van der Waals surface area contributed by atoms with Crippen LogP contribution >= 0.6 is 0 Å². The first kappa shape index (κ1) is 20.8. The summed E-state index contributed by atoms with van der Waals surface area (Å²) in [4.78, 5) is 0. The Morgan fingerprint density at radius 2 is 1.33 bits per heavy atom. The SMILES string of the molecule is CCCCCCCCCCCCC(C)(N)C#N.[H-].[Na+]. The molecule has 0 aromatic carbocycles. The van der Waals surface area contributed by atoms with Crippen LogP contribution in [0.4, 0.5) is 0 Å². The van der Waals surface area contributed by atoms with Crippen LogP contribution in [0.3, 0.4) is 0 Å². The first-order valence-corrected chi connectivity index (χ1v) is 7.32. The number of unbranched alkanes of at least 4 members (excludes halogenated alkanes) is 9. The van der Waals surface area contributed by atoms with Gasteiger partial charge in [-0.3, -0.25) is 0 Å². The molecule has 102 valence electrons. The quantitative estimate of drug-likeness (QED) is 0.455. The van der Waals surface area contributed by atoms with Gasteiger partial charge in [0.05, 0.1) is 6.07 Å². The summed E-state index contributed by atoms with van der Waals surface area (Å²) in [7, 11) is 0. The minimum absolute atomic E-state index is 0. The smallest absolute Gasteiger partial charge is 1.00 e. The number of nitriles is 1. The second-order valence-electron chi connectivity index (χ2n) is 5.46. The maximum Gasteiger partial charge on any atom is 1.00 e. The van der Waals surface area contributed by atoms with E-state index < -0.39 is 5.54 Å². The standard InChI is InChI=1S/C15H30N2.Na.H/c1-3-4-5-6-7-8-9-10-11-12-13-15(2,17)14-16;;/h3-13,17H2,1-2H3;;/q;+1;-1. The van der Waals surface area contributed by atoms with Crippen LogP contribution in [0.1, 0.15) is 85.9 Å². The van der Waals surface area contributed by atoms with Gasteiger partial charge in [-0.1, -0.05) is 71.1 Å². The minimum atomic E-state index is -0.611. The van der Waals surface area contributed by atoms with E-state index in [1.165, 1.54) is 57.8 Å². The van der Waals surface area contributed by atoms with E-state index >= 15 is 0 Å². The molecule has 1 atom stereocenters. The minimum Gasteiger partial charge on any atom is -1.00 e. The summed E-state index contributed by atoms with van der Waals surface area (Å²) in [6, 6.07) is 2.15. The molecular formula is C15H31N2Na. The molecule has 0 heterocycles. The maximum atomic E-state index is 8.76. The van der Waals surface area contributed by atoms with Gasteiger partial charge in [0.1, 0.15) is 5.54 Å². The van der Waals surface area contributed by atoms with Crippen LogP contribution in [0.25, 0.3) is 0 Å². The van der Waals surface area contributed by atoms with Crippen LogP contribution < -0.4 is 35.3 Å². The second kappa shape index (κ2) is 13.9. The zero-order valence-electron chi connectivity index (χ0n) is 13.8. The summed E-state index contributed by atoms with van der Waals surface area (Å²) in [5.41, 5.74) is 5.15. The van der Waals surface area contributed by atoms with Gasteiger partial charge in [-0.05, 0) is 13.3 Å². The van der Waals surface area contributed by atoms with Crippen LogP contribution in [0.5, 0.6) is 0 Å². The molecule has 3 heteroatoms. The summed E-state index contributed by atoms with van der Waals surface area (Å²) in [6.07, 6.45) is 14.1. The number of hydrogen-bond acceptors (Lipinski definition) is 2. The van der Waals surface area contributed by atoms with Crippen molar-refractivity contribution in [3.05, 3.63) is 0 Å². The molecule has 0 rings (SSSR count). The fraction of sp³-hybridized carbons (Fsp3) is 0.933. The fourth-order valence-corrected chi connectivity index (χ4v) is 2.04. The molecule has 0 spiro atoms. The number of rotatable bonds is 11. The molecule has 0 saturated heterocycles. The molecule has 18 heavy (non-hydrogen) atoms. The topological polar surface area (TPSA) is 49.8 Å². The van der Waals surface area contributed by atoms with Crippen molar-refractivity contribution in [2.45, 2.75) is 90.0 Å². The number of hydrogen-bond donors (Lipinski definition) is 1. The van der Waals surface area contributed by atoms with Gasteiger partial charge in [0.25, 0.3) is 0 Å². The third kappa shape index (κ3) is 14.5. The molecule has 0 bridgehead atoms. The Kier molecular flexibility index (Phi) is 16.0. The van der Waals surface area contributed by atoms with Gasteiger partial charge in [-0.2, -0.15) is 5.26 Å². The average Bonchev–Trinajstić information content (AvgIpc) is 2.31. The van der Waals surface area contributed by atoms with Crippen molar-refractivity contribution < 1.29 is 31.0 Å². The Labute approximate surface area is 137 Å². The van der Waals surface area contributed by atoms with Crippen LogP contribution in [0.2, 0.25) is 0 Å². The Bertz CT molecular complexity index is 215. The molecule has 2 nitrogen and oxygen atoms in total. The van der Waals surface area contributed by atoms with Gasteiger partial charge in [-0.25, -0.2) is 0 Å². The first-order chi connectivity index (χ1) is 8.12. The molecule has 0 aromatic heterocycles. The zero-order valence-corrected chi connectivity index (χ0v) is 14.8. The van der Waals surface area contributed by atoms with Crippen LogP contribution in [0.15, 0.2) is 0 Å². The number of nitrogens with two attached hydrogens (primary N) is 1. The van der Waals surface area contributed by atoms with E-state index in [2.05, 4.69) is 13.0 Å².